The number of nitrogens with one attached hydrogen (secondary N) is 1. The topological polar surface area (TPSA) is 34.0 Å². The van der Waals surface area contributed by atoms with Gasteiger partial charge in [-0.25, -0.2) is 0 Å². The van der Waals surface area contributed by atoms with Crippen LogP contribution in [0.5, 0.6) is 0 Å². The third-order valence-electron chi connectivity index (χ3n) is 2.89. The molecule has 0 atom stereocenters. The van der Waals surface area contributed by atoms with Crippen LogP contribution in [-0.4, -0.2) is 10.5 Å². The number of hydrogen-bond donors (Lipinski definition) is 1. The summed E-state index contributed by atoms with van der Waals surface area (Å²) in [4.78, 5) is 12.2. The molecule has 22 heavy (non-hydrogen) atoms. The molecular weight excluding hydrogens is 455 g/mol. The lowest BCUT2D eigenvalue weighted by Gasteiger charge is -2.12. The number of carbonyl (C=O) groups is 1. The maximum atomic E-state index is 12.7. The van der Waals surface area contributed by atoms with Crippen LogP contribution in [0.2, 0.25) is 10.2 Å². The van der Waals surface area contributed by atoms with Crippen molar-refractivity contribution in [2.45, 2.75) is 6.18 Å². The zero-order chi connectivity index (χ0) is 16.7. The smallest absolute Gasteiger partial charge is 0.329 e. The first-order chi connectivity index (χ1) is 10.1. The minimum Gasteiger partial charge on any atom is -0.329 e. The van der Waals surface area contributed by atoms with Gasteiger partial charge in [-0.3, -0.25) is 4.79 Å². The summed E-state index contributed by atoms with van der Waals surface area (Å²) < 4.78 is 40.0. The molecule has 3 nitrogen and oxygen atoms in total. The van der Waals surface area contributed by atoms with Crippen molar-refractivity contribution in [2.24, 2.45) is 7.05 Å². The molecule has 0 aliphatic rings. The van der Waals surface area contributed by atoms with E-state index in [-0.39, 0.29) is 21.6 Å². The van der Waals surface area contributed by atoms with Crippen LogP contribution in [0.1, 0.15) is 16.1 Å². The summed E-state index contributed by atoms with van der Waals surface area (Å²) in [5.41, 5.74) is -0.636. The second-order valence-electron chi connectivity index (χ2n) is 4.37. The van der Waals surface area contributed by atoms with E-state index >= 15 is 0 Å². The molecule has 1 amide bonds. The molecule has 1 N–H and O–H groups in total. The lowest BCUT2D eigenvalue weighted by atomic mass is 10.2. The van der Waals surface area contributed by atoms with Gasteiger partial charge in [0.15, 0.2) is 0 Å². The quantitative estimate of drug-likeness (QED) is 0.611. The maximum Gasteiger partial charge on any atom is 0.416 e. The van der Waals surface area contributed by atoms with E-state index in [2.05, 4.69) is 5.32 Å². The van der Waals surface area contributed by atoms with Crippen LogP contribution in [0.4, 0.5) is 18.9 Å². The largest absolute Gasteiger partial charge is 0.416 e. The number of alkyl halides is 3. The fourth-order valence-corrected chi connectivity index (χ4v) is 2.59. The second-order valence-corrected chi connectivity index (χ2v) is 6.30. The van der Waals surface area contributed by atoms with Crippen molar-refractivity contribution >= 4 is 57.4 Å². The Morgan fingerprint density at radius 1 is 1.27 bits per heavy atom. The number of aromatic nitrogens is 1. The van der Waals surface area contributed by atoms with E-state index in [4.69, 9.17) is 23.2 Å². The highest BCUT2D eigenvalue weighted by Gasteiger charge is 2.31. The Labute approximate surface area is 147 Å². The van der Waals surface area contributed by atoms with Crippen molar-refractivity contribution in [3.05, 3.63) is 49.3 Å². The number of nitrogens with zero attached hydrogens (tertiary/aromatic N) is 1. The lowest BCUT2D eigenvalue weighted by Crippen LogP contribution is -2.17. The van der Waals surface area contributed by atoms with Gasteiger partial charge < -0.3 is 9.88 Å². The van der Waals surface area contributed by atoms with Gasteiger partial charge in [0.05, 0.1) is 16.3 Å². The molecule has 0 bridgehead atoms. The van der Waals surface area contributed by atoms with Crippen LogP contribution >= 0.6 is 45.8 Å². The fourth-order valence-electron chi connectivity index (χ4n) is 1.74. The van der Waals surface area contributed by atoms with Gasteiger partial charge in [-0.05, 0) is 46.9 Å². The van der Waals surface area contributed by atoms with E-state index in [0.29, 0.717) is 3.57 Å². The third kappa shape index (κ3) is 3.52. The molecule has 0 saturated carbocycles. The molecule has 0 radical (unpaired) electrons. The standard InChI is InChI=1S/C13H8Cl2F3IN2O/c1-21-10(5-7(14)11(21)15)12(22)20-9-4-6(13(16,17)18)2-3-8(9)19/h2-5H,1H3,(H,20,22). The Morgan fingerprint density at radius 2 is 1.91 bits per heavy atom. The fraction of sp³-hybridized carbons (Fsp3) is 0.154. The van der Waals surface area contributed by atoms with E-state index in [9.17, 15) is 18.0 Å². The molecule has 118 valence electrons. The normalized spacial score (nSPS) is 11.6. The van der Waals surface area contributed by atoms with Gasteiger partial charge in [0.2, 0.25) is 0 Å². The van der Waals surface area contributed by atoms with Gasteiger partial charge in [-0.1, -0.05) is 23.2 Å². The summed E-state index contributed by atoms with van der Waals surface area (Å²) in [6.45, 7) is 0. The van der Waals surface area contributed by atoms with Gasteiger partial charge in [-0.15, -0.1) is 0 Å². The van der Waals surface area contributed by atoms with Gasteiger partial charge in [-0.2, -0.15) is 13.2 Å². The van der Waals surface area contributed by atoms with Gasteiger partial charge in [0.1, 0.15) is 10.8 Å². The minimum absolute atomic E-state index is 0.0638. The monoisotopic (exact) mass is 462 g/mol. The van der Waals surface area contributed by atoms with Crippen LogP contribution in [0.3, 0.4) is 0 Å². The lowest BCUT2D eigenvalue weighted by molar-refractivity contribution is -0.137. The van der Waals surface area contributed by atoms with Gasteiger partial charge >= 0.3 is 6.18 Å². The summed E-state index contributed by atoms with van der Waals surface area (Å²) in [5, 5.41) is 2.80. The third-order valence-corrected chi connectivity index (χ3v) is 4.67. The number of rotatable bonds is 2. The molecule has 0 aliphatic carbocycles. The Balaban J connectivity index is 2.34. The molecule has 0 fully saturated rings. The predicted octanol–water partition coefficient (Wildman–Crippen LogP) is 5.21. The maximum absolute atomic E-state index is 12.7. The second kappa shape index (κ2) is 6.29. The first-order valence-corrected chi connectivity index (χ1v) is 7.63. The molecule has 1 aromatic carbocycles. The Bertz CT molecular complexity index is 744. The van der Waals surface area contributed by atoms with Crippen LogP contribution in [0.15, 0.2) is 24.3 Å². The Kier molecular flexibility index (Phi) is 4.98. The van der Waals surface area contributed by atoms with E-state index in [1.54, 1.807) is 0 Å². The molecule has 0 spiro atoms. The number of carbonyl (C=O) groups excluding carboxylic acids is 1. The Morgan fingerprint density at radius 3 is 2.41 bits per heavy atom. The molecule has 9 heteroatoms. The van der Waals surface area contributed by atoms with Crippen molar-refractivity contribution in [3.8, 4) is 0 Å². The van der Waals surface area contributed by atoms with E-state index in [1.807, 2.05) is 22.6 Å². The van der Waals surface area contributed by atoms with Crippen LogP contribution in [-0.2, 0) is 13.2 Å². The highest BCUT2D eigenvalue weighted by Crippen LogP contribution is 2.33. The zero-order valence-electron chi connectivity index (χ0n) is 10.9. The number of anilines is 1. The van der Waals surface area contributed by atoms with Crippen LogP contribution in [0.25, 0.3) is 0 Å². The molecule has 2 rings (SSSR count). The van der Waals surface area contributed by atoms with Crippen molar-refractivity contribution < 1.29 is 18.0 Å². The zero-order valence-corrected chi connectivity index (χ0v) is 14.6. The average molecular weight is 463 g/mol. The summed E-state index contributed by atoms with van der Waals surface area (Å²) >= 11 is 13.5. The van der Waals surface area contributed by atoms with Crippen LogP contribution in [0, 0.1) is 3.57 Å². The average Bonchev–Trinajstić information content (AvgIpc) is 2.67. The molecule has 2 aromatic rings. The van der Waals surface area contributed by atoms with Crippen molar-refractivity contribution in [3.63, 3.8) is 0 Å². The van der Waals surface area contributed by atoms with Crippen molar-refractivity contribution in [1.29, 1.82) is 0 Å². The minimum atomic E-state index is -4.48. The SMILES string of the molecule is Cn1c(C(=O)Nc2cc(C(F)(F)F)ccc2I)cc(Cl)c1Cl. The van der Waals surface area contributed by atoms with Crippen molar-refractivity contribution in [2.75, 3.05) is 5.32 Å². The van der Waals surface area contributed by atoms with Gasteiger partial charge in [0.25, 0.3) is 5.91 Å². The van der Waals surface area contributed by atoms with E-state index in [1.165, 1.54) is 23.7 Å². The summed E-state index contributed by atoms with van der Waals surface area (Å²) in [7, 11) is 1.53. The summed E-state index contributed by atoms with van der Waals surface area (Å²) in [6, 6.07) is 4.46. The molecule has 0 unspecified atom stereocenters. The van der Waals surface area contributed by atoms with E-state index in [0.717, 1.165) is 12.1 Å². The molecule has 1 heterocycles. The number of halogens is 6. The highest BCUT2D eigenvalue weighted by atomic mass is 127. The highest BCUT2D eigenvalue weighted by molar-refractivity contribution is 14.1. The first kappa shape index (κ1) is 17.4. The predicted molar refractivity (Wildman–Crippen MR) is 87.5 cm³/mol. The molecule has 0 saturated heterocycles. The Hall–Kier alpha value is -0.930. The summed E-state index contributed by atoms with van der Waals surface area (Å²) in [5.74, 6) is -0.603. The molecule has 0 aliphatic heterocycles. The summed E-state index contributed by atoms with van der Waals surface area (Å²) in [6.07, 6.45) is -4.48. The first-order valence-electron chi connectivity index (χ1n) is 5.80. The number of benzene rings is 1. The van der Waals surface area contributed by atoms with Crippen LogP contribution < -0.4 is 5.32 Å². The molecule has 1 aromatic heterocycles. The number of hydrogen-bond acceptors (Lipinski definition) is 1. The van der Waals surface area contributed by atoms with E-state index < -0.39 is 17.6 Å². The van der Waals surface area contributed by atoms with Gasteiger partial charge in [0, 0.05) is 10.6 Å². The van der Waals surface area contributed by atoms with Crippen molar-refractivity contribution in [1.82, 2.24) is 4.57 Å². The molecular formula is C13H8Cl2F3IN2O. The number of amides is 1.